The van der Waals surface area contributed by atoms with Gasteiger partial charge in [-0.2, -0.15) is 0 Å². The lowest BCUT2D eigenvalue weighted by Gasteiger charge is -2.43. The lowest BCUT2D eigenvalue weighted by Crippen LogP contribution is -2.48. The molecule has 1 aromatic heterocycles. The van der Waals surface area contributed by atoms with Crippen LogP contribution in [0.25, 0.3) is 11.1 Å². The molecule has 2 N–H and O–H groups in total. The maximum absolute atomic E-state index is 5.74. The summed E-state index contributed by atoms with van der Waals surface area (Å²) in [6, 6.07) is 6.24. The van der Waals surface area contributed by atoms with Crippen molar-refractivity contribution in [2.75, 3.05) is 19.8 Å². The number of nitrogens with two attached hydrogens (primary N) is 1. The Morgan fingerprint density at radius 1 is 1.44 bits per heavy atom. The summed E-state index contributed by atoms with van der Waals surface area (Å²) in [5, 5.41) is 0. The van der Waals surface area contributed by atoms with Crippen molar-refractivity contribution >= 4 is 11.1 Å². The Morgan fingerprint density at radius 2 is 2.28 bits per heavy atom. The van der Waals surface area contributed by atoms with Crippen LogP contribution in [0.3, 0.4) is 0 Å². The number of nitrogens with zero attached hydrogens (tertiary/aromatic N) is 1. The fourth-order valence-electron chi connectivity index (χ4n) is 2.69. The first kappa shape index (κ1) is 11.7. The minimum Gasteiger partial charge on any atom is -0.443 e. The highest BCUT2D eigenvalue weighted by molar-refractivity contribution is 5.73. The zero-order chi connectivity index (χ0) is 12.6. The minimum absolute atomic E-state index is 0.111. The zero-order valence-corrected chi connectivity index (χ0v) is 10.6. The first-order valence-electron chi connectivity index (χ1n) is 6.35. The Balaban J connectivity index is 1.94. The number of hydrogen-bond acceptors (Lipinski definition) is 4. The van der Waals surface area contributed by atoms with Crippen molar-refractivity contribution in [2.45, 2.75) is 18.8 Å². The molecule has 0 radical (unpaired) electrons. The van der Waals surface area contributed by atoms with Crippen LogP contribution < -0.4 is 5.73 Å². The average molecular weight is 246 g/mol. The number of aromatic nitrogens is 1. The Morgan fingerprint density at radius 3 is 2.94 bits per heavy atom. The molecule has 0 spiro atoms. The van der Waals surface area contributed by atoms with Gasteiger partial charge in [-0.15, -0.1) is 0 Å². The fourth-order valence-corrected chi connectivity index (χ4v) is 2.69. The van der Waals surface area contributed by atoms with E-state index in [0.717, 1.165) is 30.7 Å². The molecule has 1 aliphatic heterocycles. The van der Waals surface area contributed by atoms with Crippen LogP contribution in [-0.2, 0) is 10.2 Å². The van der Waals surface area contributed by atoms with Gasteiger partial charge in [0.2, 0.25) is 0 Å². The van der Waals surface area contributed by atoms with Crippen LogP contribution in [-0.4, -0.2) is 24.7 Å². The average Bonchev–Trinajstić information content (AvgIpc) is 2.80. The minimum atomic E-state index is 0.111. The molecule has 3 rings (SSSR count). The molecular formula is C14H18N2O2. The van der Waals surface area contributed by atoms with Crippen molar-refractivity contribution in [1.82, 2.24) is 4.98 Å². The number of oxazole rings is 1. The molecular weight excluding hydrogens is 228 g/mol. The van der Waals surface area contributed by atoms with Crippen LogP contribution >= 0.6 is 0 Å². The molecule has 2 aromatic rings. The summed E-state index contributed by atoms with van der Waals surface area (Å²) >= 11 is 0. The topological polar surface area (TPSA) is 61.3 Å². The molecule has 96 valence electrons. The van der Waals surface area contributed by atoms with Crippen LogP contribution in [0.4, 0.5) is 0 Å². The lowest BCUT2D eigenvalue weighted by atomic mass is 9.72. The van der Waals surface area contributed by atoms with Gasteiger partial charge in [0.05, 0.1) is 13.2 Å². The summed E-state index contributed by atoms with van der Waals surface area (Å²) in [6.45, 7) is 4.45. The highest BCUT2D eigenvalue weighted by atomic mass is 16.5. The van der Waals surface area contributed by atoms with E-state index in [4.69, 9.17) is 14.9 Å². The van der Waals surface area contributed by atoms with Crippen molar-refractivity contribution in [1.29, 1.82) is 0 Å². The Bertz CT molecular complexity index is 545. The van der Waals surface area contributed by atoms with E-state index in [1.54, 1.807) is 0 Å². The van der Waals surface area contributed by atoms with Gasteiger partial charge in [0.15, 0.2) is 12.0 Å². The number of ether oxygens (including phenoxy) is 1. The molecule has 1 atom stereocenters. The van der Waals surface area contributed by atoms with Crippen molar-refractivity contribution in [3.63, 3.8) is 0 Å². The van der Waals surface area contributed by atoms with Crippen LogP contribution in [0, 0.1) is 5.92 Å². The molecule has 0 aliphatic carbocycles. The third-order valence-electron chi connectivity index (χ3n) is 3.84. The standard InChI is InChI=1S/C14H18N2O2/c1-10(6-15)5-14(7-17-8-14)11-2-3-12-13(4-11)18-9-16-12/h2-4,9-10H,5-8,15H2,1H3. The number of rotatable bonds is 4. The van der Waals surface area contributed by atoms with Crippen molar-refractivity contribution in [3.05, 3.63) is 30.2 Å². The van der Waals surface area contributed by atoms with Gasteiger partial charge < -0.3 is 14.9 Å². The van der Waals surface area contributed by atoms with Gasteiger partial charge in [-0.3, -0.25) is 0 Å². The molecule has 2 heterocycles. The Labute approximate surface area is 106 Å². The second-order valence-electron chi connectivity index (χ2n) is 5.35. The highest BCUT2D eigenvalue weighted by Gasteiger charge is 2.41. The molecule has 0 saturated carbocycles. The van der Waals surface area contributed by atoms with Crippen molar-refractivity contribution < 1.29 is 9.15 Å². The van der Waals surface area contributed by atoms with Gasteiger partial charge in [0, 0.05) is 5.41 Å². The molecule has 1 saturated heterocycles. The van der Waals surface area contributed by atoms with Crippen LogP contribution in [0.2, 0.25) is 0 Å². The van der Waals surface area contributed by atoms with E-state index in [-0.39, 0.29) is 5.41 Å². The molecule has 4 nitrogen and oxygen atoms in total. The fraction of sp³-hybridized carbons (Fsp3) is 0.500. The summed E-state index contributed by atoms with van der Waals surface area (Å²) in [4.78, 5) is 4.14. The normalized spacial score (nSPS) is 19.7. The summed E-state index contributed by atoms with van der Waals surface area (Å²) < 4.78 is 10.8. The number of hydrogen-bond donors (Lipinski definition) is 1. The zero-order valence-electron chi connectivity index (χ0n) is 10.6. The molecule has 1 aromatic carbocycles. The molecule has 4 heteroatoms. The highest BCUT2D eigenvalue weighted by Crippen LogP contribution is 2.39. The SMILES string of the molecule is CC(CN)CC1(c2ccc3ncoc3c2)COC1. The monoisotopic (exact) mass is 246 g/mol. The first-order chi connectivity index (χ1) is 8.73. The third-order valence-corrected chi connectivity index (χ3v) is 3.84. The van der Waals surface area contributed by atoms with E-state index in [1.807, 2.05) is 6.07 Å². The van der Waals surface area contributed by atoms with E-state index in [0.29, 0.717) is 12.5 Å². The predicted molar refractivity (Wildman–Crippen MR) is 69.3 cm³/mol. The van der Waals surface area contributed by atoms with Crippen molar-refractivity contribution in [2.24, 2.45) is 11.7 Å². The van der Waals surface area contributed by atoms with E-state index < -0.39 is 0 Å². The molecule has 0 bridgehead atoms. The van der Waals surface area contributed by atoms with E-state index in [9.17, 15) is 0 Å². The lowest BCUT2D eigenvalue weighted by molar-refractivity contribution is -0.0701. The number of fused-ring (bicyclic) bond motifs is 1. The van der Waals surface area contributed by atoms with Gasteiger partial charge in [-0.25, -0.2) is 4.98 Å². The van der Waals surface area contributed by atoms with Crippen LogP contribution in [0.1, 0.15) is 18.9 Å². The Kier molecular flexibility index (Phi) is 2.84. The summed E-state index contributed by atoms with van der Waals surface area (Å²) in [7, 11) is 0. The van der Waals surface area contributed by atoms with E-state index in [2.05, 4.69) is 24.0 Å². The number of benzene rings is 1. The Hall–Kier alpha value is -1.39. The van der Waals surface area contributed by atoms with Crippen molar-refractivity contribution in [3.8, 4) is 0 Å². The molecule has 0 amide bonds. The summed E-state index contributed by atoms with van der Waals surface area (Å²) in [6.07, 6.45) is 2.55. The van der Waals surface area contributed by atoms with Gasteiger partial charge in [-0.05, 0) is 36.6 Å². The van der Waals surface area contributed by atoms with Gasteiger partial charge in [0.1, 0.15) is 5.52 Å². The summed E-state index contributed by atoms with van der Waals surface area (Å²) in [5.41, 5.74) is 8.88. The van der Waals surface area contributed by atoms with Gasteiger partial charge >= 0.3 is 0 Å². The maximum Gasteiger partial charge on any atom is 0.181 e. The van der Waals surface area contributed by atoms with Gasteiger partial charge in [0.25, 0.3) is 0 Å². The van der Waals surface area contributed by atoms with E-state index in [1.165, 1.54) is 12.0 Å². The van der Waals surface area contributed by atoms with Crippen LogP contribution in [0.5, 0.6) is 0 Å². The van der Waals surface area contributed by atoms with Gasteiger partial charge in [-0.1, -0.05) is 13.0 Å². The molecule has 1 aliphatic rings. The van der Waals surface area contributed by atoms with Crippen LogP contribution in [0.15, 0.2) is 29.0 Å². The largest absolute Gasteiger partial charge is 0.443 e. The first-order valence-corrected chi connectivity index (χ1v) is 6.35. The molecule has 1 unspecified atom stereocenters. The molecule has 18 heavy (non-hydrogen) atoms. The second kappa shape index (κ2) is 4.37. The summed E-state index contributed by atoms with van der Waals surface area (Å²) in [5.74, 6) is 0.499. The van der Waals surface area contributed by atoms with E-state index >= 15 is 0 Å². The smallest absolute Gasteiger partial charge is 0.181 e. The third kappa shape index (κ3) is 1.82. The quantitative estimate of drug-likeness (QED) is 0.897. The maximum atomic E-state index is 5.74. The predicted octanol–water partition coefficient (Wildman–Crippen LogP) is 2.08. The molecule has 1 fully saturated rings. The second-order valence-corrected chi connectivity index (χ2v) is 5.35.